The van der Waals surface area contributed by atoms with E-state index in [1.807, 2.05) is 34.8 Å². The van der Waals surface area contributed by atoms with Crippen LogP contribution in [-0.4, -0.2) is 27.1 Å². The van der Waals surface area contributed by atoms with Crippen molar-refractivity contribution in [3.8, 4) is 0 Å². The number of carbonyl (C=O) groups excluding carboxylic acids is 1. The fourth-order valence-corrected chi connectivity index (χ4v) is 3.38. The smallest absolute Gasteiger partial charge is 0.274 e. The Morgan fingerprint density at radius 1 is 1.36 bits per heavy atom. The second-order valence-corrected chi connectivity index (χ2v) is 7.01. The number of benzene rings is 1. The summed E-state index contributed by atoms with van der Waals surface area (Å²) in [5.41, 5.74) is 2.81. The summed E-state index contributed by atoms with van der Waals surface area (Å²) in [6.45, 7) is 5.02. The van der Waals surface area contributed by atoms with Gasteiger partial charge in [-0.1, -0.05) is 41.9 Å². The highest BCUT2D eigenvalue weighted by Crippen LogP contribution is 2.35. The summed E-state index contributed by atoms with van der Waals surface area (Å²) in [5.74, 6) is 0.384. The molecule has 2 heterocycles. The van der Waals surface area contributed by atoms with Gasteiger partial charge in [0.1, 0.15) is 0 Å². The predicted octanol–water partition coefficient (Wildman–Crippen LogP) is 3.89. The number of rotatable bonds is 3. The molecule has 0 aliphatic carbocycles. The fraction of sp³-hybridized carbons (Fsp3) is 0.412. The van der Waals surface area contributed by atoms with Crippen LogP contribution in [0.15, 0.2) is 34.8 Å². The van der Waals surface area contributed by atoms with E-state index in [2.05, 4.69) is 47.0 Å². The van der Waals surface area contributed by atoms with Gasteiger partial charge < -0.3 is 4.90 Å². The molecule has 3 rings (SSSR count). The average molecular weight is 362 g/mol. The number of amides is 1. The Morgan fingerprint density at radius 3 is 2.68 bits per heavy atom. The highest BCUT2D eigenvalue weighted by molar-refractivity contribution is 9.10. The third-order valence-electron chi connectivity index (χ3n) is 4.24. The van der Waals surface area contributed by atoms with Crippen LogP contribution in [0.3, 0.4) is 0 Å². The number of hydrogen-bond donors (Lipinski definition) is 0. The maximum atomic E-state index is 12.7. The summed E-state index contributed by atoms with van der Waals surface area (Å²) >= 11 is 3.50. The third kappa shape index (κ3) is 2.70. The van der Waals surface area contributed by atoms with Crippen molar-refractivity contribution in [2.75, 3.05) is 6.54 Å². The minimum Gasteiger partial charge on any atom is -0.330 e. The number of nitrogens with zero attached hydrogens (tertiary/aromatic N) is 3. The molecule has 4 nitrogen and oxygen atoms in total. The molecule has 1 fully saturated rings. The van der Waals surface area contributed by atoms with E-state index in [1.165, 1.54) is 5.56 Å². The van der Waals surface area contributed by atoms with Crippen LogP contribution in [0.4, 0.5) is 0 Å². The lowest BCUT2D eigenvalue weighted by atomic mass is 9.94. The molecule has 5 heteroatoms. The molecule has 0 spiro atoms. The van der Waals surface area contributed by atoms with E-state index in [0.717, 1.165) is 23.1 Å². The van der Waals surface area contributed by atoms with Crippen LogP contribution < -0.4 is 0 Å². The van der Waals surface area contributed by atoms with E-state index in [1.54, 1.807) is 0 Å². The van der Waals surface area contributed by atoms with Crippen LogP contribution in [0.5, 0.6) is 0 Å². The van der Waals surface area contributed by atoms with Gasteiger partial charge >= 0.3 is 0 Å². The molecule has 1 amide bonds. The van der Waals surface area contributed by atoms with Crippen LogP contribution in [0.2, 0.25) is 0 Å². The number of aryl methyl sites for hydroxylation is 1. The topological polar surface area (TPSA) is 38.1 Å². The molecule has 1 saturated heterocycles. The average Bonchev–Trinajstić information content (AvgIpc) is 2.80. The van der Waals surface area contributed by atoms with Crippen molar-refractivity contribution >= 4 is 21.8 Å². The zero-order valence-corrected chi connectivity index (χ0v) is 14.7. The molecule has 1 aliphatic rings. The first-order chi connectivity index (χ1) is 10.5. The third-order valence-corrected chi connectivity index (χ3v) is 4.73. The molecule has 22 heavy (non-hydrogen) atoms. The van der Waals surface area contributed by atoms with Crippen LogP contribution >= 0.6 is 15.9 Å². The van der Waals surface area contributed by atoms with Gasteiger partial charge in [-0.25, -0.2) is 0 Å². The maximum absolute atomic E-state index is 12.7. The van der Waals surface area contributed by atoms with Crippen molar-refractivity contribution < 1.29 is 4.79 Å². The molecule has 116 valence electrons. The Bertz CT molecular complexity index is 708. The second kappa shape index (κ2) is 5.88. The molecular weight excluding hydrogens is 342 g/mol. The fourth-order valence-electron chi connectivity index (χ4n) is 2.96. The van der Waals surface area contributed by atoms with E-state index >= 15 is 0 Å². The molecule has 1 atom stereocenters. The normalized spacial score (nSPS) is 17.7. The molecule has 1 unspecified atom stereocenters. The summed E-state index contributed by atoms with van der Waals surface area (Å²) in [5, 5.41) is 4.40. The maximum Gasteiger partial charge on any atom is 0.274 e. The highest BCUT2D eigenvalue weighted by atomic mass is 79.9. The van der Waals surface area contributed by atoms with Crippen molar-refractivity contribution in [1.82, 2.24) is 14.7 Å². The summed E-state index contributed by atoms with van der Waals surface area (Å²) in [7, 11) is 1.90. The van der Waals surface area contributed by atoms with Crippen LogP contribution in [0.25, 0.3) is 0 Å². The van der Waals surface area contributed by atoms with Gasteiger partial charge in [0.2, 0.25) is 0 Å². The lowest BCUT2D eigenvalue weighted by molar-refractivity contribution is 0.0453. The molecular formula is C17H20BrN3O. The summed E-state index contributed by atoms with van der Waals surface area (Å²) in [4.78, 5) is 14.6. The summed E-state index contributed by atoms with van der Waals surface area (Å²) < 4.78 is 2.86. The molecule has 1 aromatic heterocycles. The Balaban J connectivity index is 1.82. The highest BCUT2D eigenvalue weighted by Gasteiger charge is 2.35. The number of halogens is 1. The second-order valence-electron chi connectivity index (χ2n) is 6.09. The van der Waals surface area contributed by atoms with Crippen molar-refractivity contribution in [3.63, 3.8) is 0 Å². The Kier molecular flexibility index (Phi) is 4.08. The number of hydrogen-bond acceptors (Lipinski definition) is 2. The van der Waals surface area contributed by atoms with Gasteiger partial charge in [0, 0.05) is 23.8 Å². The van der Waals surface area contributed by atoms with Crippen LogP contribution in [0.1, 0.15) is 54.0 Å². The van der Waals surface area contributed by atoms with Crippen molar-refractivity contribution in [1.29, 1.82) is 0 Å². The number of aromatic nitrogens is 2. The molecule has 0 radical (unpaired) electrons. The minimum absolute atomic E-state index is 0.0266. The quantitative estimate of drug-likeness (QED) is 0.831. The molecule has 0 N–H and O–H groups in total. The van der Waals surface area contributed by atoms with E-state index < -0.39 is 0 Å². The van der Waals surface area contributed by atoms with Crippen molar-refractivity contribution in [3.05, 3.63) is 51.8 Å². The summed E-state index contributed by atoms with van der Waals surface area (Å²) in [6.07, 6.45) is 1.01. The van der Waals surface area contributed by atoms with E-state index in [-0.39, 0.29) is 11.9 Å². The largest absolute Gasteiger partial charge is 0.330 e. The van der Waals surface area contributed by atoms with Crippen LogP contribution in [-0.2, 0) is 7.05 Å². The monoisotopic (exact) mass is 361 g/mol. The van der Waals surface area contributed by atoms with Gasteiger partial charge in [-0.2, -0.15) is 5.10 Å². The van der Waals surface area contributed by atoms with Gasteiger partial charge in [-0.3, -0.25) is 9.48 Å². The Morgan fingerprint density at radius 2 is 2.14 bits per heavy atom. The standard InChI is InChI=1S/C17H20BrN3O/c1-11(2)16-10-14(19-20(16)3)17(22)21-8-7-15(21)12-5-4-6-13(18)9-12/h4-6,9-11,15H,7-8H2,1-3H3. The van der Waals surface area contributed by atoms with Gasteiger partial charge in [-0.05, 0) is 36.1 Å². The minimum atomic E-state index is 0.0266. The number of likely N-dealkylation sites (tertiary alicyclic amines) is 1. The summed E-state index contributed by atoms with van der Waals surface area (Å²) in [6, 6.07) is 10.3. The zero-order chi connectivity index (χ0) is 15.9. The van der Waals surface area contributed by atoms with Crippen molar-refractivity contribution in [2.45, 2.75) is 32.2 Å². The van der Waals surface area contributed by atoms with E-state index in [4.69, 9.17) is 0 Å². The van der Waals surface area contributed by atoms with Gasteiger partial charge in [0.15, 0.2) is 5.69 Å². The molecule has 0 bridgehead atoms. The van der Waals surface area contributed by atoms with Gasteiger partial charge in [0.25, 0.3) is 5.91 Å². The molecule has 1 aliphatic heterocycles. The zero-order valence-electron chi connectivity index (χ0n) is 13.1. The first-order valence-electron chi connectivity index (χ1n) is 7.57. The Labute approximate surface area is 139 Å². The Hall–Kier alpha value is -1.62. The predicted molar refractivity (Wildman–Crippen MR) is 89.8 cm³/mol. The van der Waals surface area contributed by atoms with E-state index in [0.29, 0.717) is 11.6 Å². The first kappa shape index (κ1) is 15.3. The molecule has 1 aromatic carbocycles. The lowest BCUT2D eigenvalue weighted by Gasteiger charge is -2.41. The van der Waals surface area contributed by atoms with Gasteiger partial charge in [-0.15, -0.1) is 0 Å². The molecule has 0 saturated carbocycles. The SMILES string of the molecule is CC(C)c1cc(C(=O)N2CCC2c2cccc(Br)c2)nn1C. The first-order valence-corrected chi connectivity index (χ1v) is 8.37. The van der Waals surface area contributed by atoms with Crippen LogP contribution in [0, 0.1) is 0 Å². The van der Waals surface area contributed by atoms with E-state index in [9.17, 15) is 4.79 Å². The lowest BCUT2D eigenvalue weighted by Crippen LogP contribution is -2.45. The van der Waals surface area contributed by atoms with Crippen molar-refractivity contribution in [2.24, 2.45) is 7.05 Å². The molecule has 2 aromatic rings. The number of carbonyl (C=O) groups is 1. The van der Waals surface area contributed by atoms with Gasteiger partial charge in [0.05, 0.1) is 6.04 Å².